The maximum absolute atomic E-state index is 4.48. The fraction of sp³-hybridized carbons (Fsp3) is 0.500. The second-order valence-corrected chi connectivity index (χ2v) is 5.96. The fourth-order valence-electron chi connectivity index (χ4n) is 3.49. The minimum atomic E-state index is 0.0301. The summed E-state index contributed by atoms with van der Waals surface area (Å²) in [4.78, 5) is 6.99. The molecule has 0 bridgehead atoms. The van der Waals surface area contributed by atoms with Gasteiger partial charge < -0.3 is 5.32 Å². The lowest BCUT2D eigenvalue weighted by atomic mass is 9.85. The second kappa shape index (κ2) is 6.54. The summed E-state index contributed by atoms with van der Waals surface area (Å²) in [5, 5.41) is 4.77. The van der Waals surface area contributed by atoms with Gasteiger partial charge in [0.15, 0.2) is 0 Å². The molecule has 0 aliphatic rings. The zero-order chi connectivity index (χ0) is 15.5. The Morgan fingerprint density at radius 3 is 2.48 bits per heavy atom. The third kappa shape index (κ3) is 2.94. The number of benzene rings is 1. The average molecular weight is 285 g/mol. The van der Waals surface area contributed by atoms with Crippen molar-refractivity contribution in [2.45, 2.75) is 39.3 Å². The van der Waals surface area contributed by atoms with Gasteiger partial charge in [-0.25, -0.2) is 0 Å². The first-order chi connectivity index (χ1) is 10.1. The van der Waals surface area contributed by atoms with Gasteiger partial charge in [-0.1, -0.05) is 32.0 Å². The zero-order valence-corrected chi connectivity index (χ0v) is 13.9. The van der Waals surface area contributed by atoms with Crippen molar-refractivity contribution >= 4 is 10.9 Å². The van der Waals surface area contributed by atoms with E-state index in [0.717, 1.165) is 18.6 Å². The number of pyridine rings is 1. The van der Waals surface area contributed by atoms with Gasteiger partial charge in [0.2, 0.25) is 0 Å². The molecule has 0 saturated heterocycles. The van der Waals surface area contributed by atoms with Gasteiger partial charge in [-0.15, -0.1) is 0 Å². The number of fused-ring (bicyclic) bond motifs is 1. The van der Waals surface area contributed by atoms with E-state index < -0.39 is 0 Å². The molecule has 0 aliphatic heterocycles. The van der Waals surface area contributed by atoms with Crippen molar-refractivity contribution in [3.8, 4) is 0 Å². The van der Waals surface area contributed by atoms with E-state index in [1.54, 1.807) is 0 Å². The fourth-order valence-corrected chi connectivity index (χ4v) is 3.49. The van der Waals surface area contributed by atoms with Gasteiger partial charge in [-0.3, -0.25) is 9.88 Å². The van der Waals surface area contributed by atoms with Crippen molar-refractivity contribution in [3.63, 3.8) is 0 Å². The van der Waals surface area contributed by atoms with Crippen molar-refractivity contribution in [1.82, 2.24) is 15.2 Å². The Hall–Kier alpha value is -1.45. The van der Waals surface area contributed by atoms with Crippen LogP contribution in [0, 0.1) is 0 Å². The molecule has 3 nitrogen and oxygen atoms in total. The molecular formula is C18H27N3. The van der Waals surface area contributed by atoms with Crippen LogP contribution in [0.5, 0.6) is 0 Å². The Kier molecular flexibility index (Phi) is 4.96. The summed E-state index contributed by atoms with van der Waals surface area (Å²) < 4.78 is 0. The zero-order valence-electron chi connectivity index (χ0n) is 13.9. The van der Waals surface area contributed by atoms with Crippen LogP contribution in [0.1, 0.15) is 39.3 Å². The smallest absolute Gasteiger partial charge is 0.0705 e. The van der Waals surface area contributed by atoms with Gasteiger partial charge >= 0.3 is 0 Å². The maximum Gasteiger partial charge on any atom is 0.0705 e. The predicted octanol–water partition coefficient (Wildman–Crippen LogP) is 3.62. The van der Waals surface area contributed by atoms with E-state index in [-0.39, 0.29) is 11.6 Å². The number of nitrogens with zero attached hydrogens (tertiary/aromatic N) is 2. The topological polar surface area (TPSA) is 28.2 Å². The van der Waals surface area contributed by atoms with Crippen LogP contribution in [0.3, 0.4) is 0 Å². The van der Waals surface area contributed by atoms with Crippen LogP contribution >= 0.6 is 0 Å². The third-order valence-electron chi connectivity index (χ3n) is 4.56. The van der Waals surface area contributed by atoms with Gasteiger partial charge in [0.25, 0.3) is 0 Å². The van der Waals surface area contributed by atoms with E-state index in [0.29, 0.717) is 0 Å². The maximum atomic E-state index is 4.48. The van der Waals surface area contributed by atoms with Crippen molar-refractivity contribution < 1.29 is 0 Å². The average Bonchev–Trinajstić information content (AvgIpc) is 2.49. The molecule has 1 aromatic heterocycles. The summed E-state index contributed by atoms with van der Waals surface area (Å²) in [6.45, 7) is 11.2. The van der Waals surface area contributed by atoms with Gasteiger partial charge in [0.1, 0.15) is 0 Å². The summed E-state index contributed by atoms with van der Waals surface area (Å²) >= 11 is 0. The van der Waals surface area contributed by atoms with E-state index in [1.165, 1.54) is 10.9 Å². The second-order valence-electron chi connectivity index (χ2n) is 5.96. The van der Waals surface area contributed by atoms with Crippen LogP contribution in [-0.4, -0.2) is 35.6 Å². The molecule has 3 heteroatoms. The molecule has 0 aliphatic carbocycles. The number of hydrogen-bond donors (Lipinski definition) is 1. The van der Waals surface area contributed by atoms with Gasteiger partial charge in [0, 0.05) is 17.1 Å². The SMILES string of the molecule is CCN(CC)C(C)(C)C(NC)c1cccc2ncccc12. The van der Waals surface area contributed by atoms with E-state index in [9.17, 15) is 0 Å². The highest BCUT2D eigenvalue weighted by Crippen LogP contribution is 2.34. The molecule has 1 unspecified atom stereocenters. The lowest BCUT2D eigenvalue weighted by Gasteiger charge is -2.44. The summed E-state index contributed by atoms with van der Waals surface area (Å²) in [7, 11) is 2.05. The molecule has 21 heavy (non-hydrogen) atoms. The quantitative estimate of drug-likeness (QED) is 0.878. The molecule has 2 aromatic rings. The number of likely N-dealkylation sites (N-methyl/N-ethyl adjacent to an activating group) is 2. The summed E-state index contributed by atoms with van der Waals surface area (Å²) in [5.74, 6) is 0. The van der Waals surface area contributed by atoms with Crippen molar-refractivity contribution in [1.29, 1.82) is 0 Å². The highest BCUT2D eigenvalue weighted by atomic mass is 15.2. The monoisotopic (exact) mass is 285 g/mol. The Morgan fingerprint density at radius 2 is 1.86 bits per heavy atom. The lowest BCUT2D eigenvalue weighted by Crippen LogP contribution is -2.52. The van der Waals surface area contributed by atoms with Crippen LogP contribution < -0.4 is 5.32 Å². The van der Waals surface area contributed by atoms with E-state index in [4.69, 9.17) is 0 Å². The number of hydrogen-bond acceptors (Lipinski definition) is 3. The molecule has 0 radical (unpaired) electrons. The van der Waals surface area contributed by atoms with Crippen molar-refractivity contribution in [2.24, 2.45) is 0 Å². The molecule has 1 heterocycles. The Balaban J connectivity index is 2.54. The first-order valence-electron chi connectivity index (χ1n) is 7.82. The molecule has 0 fully saturated rings. The van der Waals surface area contributed by atoms with Crippen LogP contribution in [0.25, 0.3) is 10.9 Å². The molecule has 1 atom stereocenters. The summed E-state index contributed by atoms with van der Waals surface area (Å²) in [6, 6.07) is 10.8. The van der Waals surface area contributed by atoms with Crippen molar-refractivity contribution in [3.05, 3.63) is 42.1 Å². The molecule has 114 valence electrons. The predicted molar refractivity (Wildman–Crippen MR) is 90.5 cm³/mol. The van der Waals surface area contributed by atoms with E-state index in [2.05, 4.69) is 67.2 Å². The summed E-state index contributed by atoms with van der Waals surface area (Å²) in [5.41, 5.74) is 2.41. The Bertz CT molecular complexity index is 583. The minimum absolute atomic E-state index is 0.0301. The lowest BCUT2D eigenvalue weighted by molar-refractivity contribution is 0.0950. The van der Waals surface area contributed by atoms with Crippen molar-refractivity contribution in [2.75, 3.05) is 20.1 Å². The molecule has 2 rings (SSSR count). The standard InChI is InChI=1S/C18H27N3/c1-6-21(7-2)18(3,4)17(19-5)15-10-8-12-16-14(15)11-9-13-20-16/h8-13,17,19H,6-7H2,1-5H3. The van der Waals surface area contributed by atoms with Gasteiger partial charge in [0.05, 0.1) is 11.6 Å². The van der Waals surface area contributed by atoms with Crippen LogP contribution in [0.2, 0.25) is 0 Å². The van der Waals surface area contributed by atoms with E-state index in [1.807, 2.05) is 19.3 Å². The highest BCUT2D eigenvalue weighted by Gasteiger charge is 2.34. The minimum Gasteiger partial charge on any atom is -0.311 e. The van der Waals surface area contributed by atoms with Crippen LogP contribution in [0.15, 0.2) is 36.5 Å². The largest absolute Gasteiger partial charge is 0.311 e. The molecule has 0 spiro atoms. The van der Waals surface area contributed by atoms with Crippen LogP contribution in [0.4, 0.5) is 0 Å². The van der Waals surface area contributed by atoms with E-state index >= 15 is 0 Å². The normalized spacial score (nSPS) is 13.8. The first-order valence-corrected chi connectivity index (χ1v) is 7.82. The molecular weight excluding hydrogens is 258 g/mol. The molecule has 1 aromatic carbocycles. The molecule has 0 amide bonds. The number of nitrogens with one attached hydrogen (secondary N) is 1. The highest BCUT2D eigenvalue weighted by molar-refractivity contribution is 5.82. The van der Waals surface area contributed by atoms with Gasteiger partial charge in [-0.2, -0.15) is 0 Å². The third-order valence-corrected chi connectivity index (χ3v) is 4.56. The Labute approximate surface area is 128 Å². The molecule has 1 N–H and O–H groups in total. The Morgan fingerprint density at radius 1 is 1.14 bits per heavy atom. The summed E-state index contributed by atoms with van der Waals surface area (Å²) in [6.07, 6.45) is 1.86. The number of aromatic nitrogens is 1. The number of rotatable bonds is 6. The van der Waals surface area contributed by atoms with Gasteiger partial charge in [-0.05, 0) is 51.7 Å². The molecule has 0 saturated carbocycles. The van der Waals surface area contributed by atoms with Crippen LogP contribution in [-0.2, 0) is 0 Å². The first kappa shape index (κ1) is 15.9.